The molecule has 1 N–H and O–H groups in total. The summed E-state index contributed by atoms with van der Waals surface area (Å²) in [6, 6.07) is 3.85. The van der Waals surface area contributed by atoms with Gasteiger partial charge in [-0.2, -0.15) is 4.52 Å². The maximum atomic E-state index is 11.9. The zero-order chi connectivity index (χ0) is 17.4. The SMILES string of the molecule is CCN(CC)c1ccc2nnc(CCC(=O)NCCCOC)n2n1. The summed E-state index contributed by atoms with van der Waals surface area (Å²) in [6.45, 7) is 7.23. The van der Waals surface area contributed by atoms with E-state index in [0.717, 1.165) is 25.3 Å². The number of methoxy groups -OCH3 is 1. The number of nitrogens with one attached hydrogen (secondary N) is 1. The van der Waals surface area contributed by atoms with Crippen molar-refractivity contribution in [3.63, 3.8) is 0 Å². The summed E-state index contributed by atoms with van der Waals surface area (Å²) in [7, 11) is 1.65. The first-order chi connectivity index (χ1) is 11.7. The first-order valence-electron chi connectivity index (χ1n) is 8.41. The molecule has 0 saturated heterocycles. The van der Waals surface area contributed by atoms with Gasteiger partial charge in [0.25, 0.3) is 0 Å². The standard InChI is InChI=1S/C16H26N6O2/c1-4-21(5-2)15-8-7-13-18-19-14(22(13)20-15)9-10-16(23)17-11-6-12-24-3/h7-8H,4-6,9-12H2,1-3H3,(H,17,23). The van der Waals surface area contributed by atoms with Crippen LogP contribution in [0, 0.1) is 0 Å². The topological polar surface area (TPSA) is 84.7 Å². The Kier molecular flexibility index (Phi) is 6.92. The van der Waals surface area contributed by atoms with E-state index in [0.29, 0.717) is 37.5 Å². The van der Waals surface area contributed by atoms with Crippen LogP contribution < -0.4 is 10.2 Å². The maximum Gasteiger partial charge on any atom is 0.220 e. The van der Waals surface area contributed by atoms with Crippen molar-refractivity contribution in [1.29, 1.82) is 0 Å². The van der Waals surface area contributed by atoms with Crippen LogP contribution in [0.2, 0.25) is 0 Å². The monoisotopic (exact) mass is 334 g/mol. The normalized spacial score (nSPS) is 11.0. The quantitative estimate of drug-likeness (QED) is 0.654. The Hall–Kier alpha value is -2.22. The van der Waals surface area contributed by atoms with E-state index in [1.165, 1.54) is 0 Å². The summed E-state index contributed by atoms with van der Waals surface area (Å²) in [5.41, 5.74) is 0.696. The van der Waals surface area contributed by atoms with Gasteiger partial charge in [0.15, 0.2) is 11.5 Å². The number of carbonyl (C=O) groups excluding carboxylic acids is 1. The van der Waals surface area contributed by atoms with Crippen LogP contribution in [0.15, 0.2) is 12.1 Å². The number of hydrogen-bond acceptors (Lipinski definition) is 6. The summed E-state index contributed by atoms with van der Waals surface area (Å²) in [6.07, 6.45) is 1.68. The largest absolute Gasteiger partial charge is 0.385 e. The number of aromatic nitrogens is 4. The van der Waals surface area contributed by atoms with Gasteiger partial charge in [-0.3, -0.25) is 4.79 Å². The number of fused-ring (bicyclic) bond motifs is 1. The van der Waals surface area contributed by atoms with Crippen molar-refractivity contribution in [1.82, 2.24) is 25.1 Å². The zero-order valence-electron chi connectivity index (χ0n) is 14.7. The van der Waals surface area contributed by atoms with Crippen LogP contribution in [-0.2, 0) is 16.0 Å². The number of aryl methyl sites for hydroxylation is 1. The lowest BCUT2D eigenvalue weighted by atomic mass is 10.3. The second kappa shape index (κ2) is 9.17. The second-order valence-electron chi connectivity index (χ2n) is 5.45. The van der Waals surface area contributed by atoms with E-state index >= 15 is 0 Å². The fourth-order valence-corrected chi connectivity index (χ4v) is 2.45. The molecule has 0 spiro atoms. The number of rotatable bonds is 10. The van der Waals surface area contributed by atoms with Crippen molar-refractivity contribution in [3.05, 3.63) is 18.0 Å². The first kappa shape index (κ1) is 18.1. The van der Waals surface area contributed by atoms with E-state index in [4.69, 9.17) is 4.74 Å². The fourth-order valence-electron chi connectivity index (χ4n) is 2.45. The molecule has 0 unspecified atom stereocenters. The highest BCUT2D eigenvalue weighted by atomic mass is 16.5. The molecule has 132 valence electrons. The molecule has 2 rings (SSSR count). The molecule has 0 saturated carbocycles. The molecule has 24 heavy (non-hydrogen) atoms. The van der Waals surface area contributed by atoms with Crippen molar-refractivity contribution in [3.8, 4) is 0 Å². The molecule has 0 aliphatic heterocycles. The van der Waals surface area contributed by atoms with Crippen molar-refractivity contribution >= 4 is 17.4 Å². The Morgan fingerprint density at radius 2 is 2.08 bits per heavy atom. The molecular formula is C16H26N6O2. The van der Waals surface area contributed by atoms with Gasteiger partial charge in [0.1, 0.15) is 5.82 Å². The summed E-state index contributed by atoms with van der Waals surface area (Å²) in [4.78, 5) is 14.0. The first-order valence-corrected chi connectivity index (χ1v) is 8.41. The number of hydrogen-bond donors (Lipinski definition) is 1. The van der Waals surface area contributed by atoms with E-state index in [9.17, 15) is 4.79 Å². The minimum Gasteiger partial charge on any atom is -0.385 e. The number of amides is 1. The molecule has 8 heteroatoms. The van der Waals surface area contributed by atoms with Gasteiger partial charge < -0.3 is 15.0 Å². The van der Waals surface area contributed by atoms with Crippen LogP contribution >= 0.6 is 0 Å². The number of nitrogens with zero attached hydrogens (tertiary/aromatic N) is 5. The van der Waals surface area contributed by atoms with Crippen LogP contribution in [0.25, 0.3) is 5.65 Å². The molecule has 8 nitrogen and oxygen atoms in total. The average Bonchev–Trinajstić information content (AvgIpc) is 3.00. The van der Waals surface area contributed by atoms with Crippen molar-refractivity contribution in [2.75, 3.05) is 38.3 Å². The maximum absolute atomic E-state index is 11.9. The molecule has 2 aromatic rings. The molecule has 0 radical (unpaired) electrons. The third kappa shape index (κ3) is 4.64. The van der Waals surface area contributed by atoms with Crippen LogP contribution in [0.1, 0.15) is 32.5 Å². The smallest absolute Gasteiger partial charge is 0.220 e. The predicted octanol–water partition coefficient (Wildman–Crippen LogP) is 1.06. The Labute approximate surface area is 142 Å². The Bertz CT molecular complexity index is 653. The highest BCUT2D eigenvalue weighted by Crippen LogP contribution is 2.12. The zero-order valence-corrected chi connectivity index (χ0v) is 14.7. The minimum absolute atomic E-state index is 0.00255. The van der Waals surface area contributed by atoms with Crippen LogP contribution in [0.4, 0.5) is 5.82 Å². The van der Waals surface area contributed by atoms with Gasteiger partial charge in [0, 0.05) is 46.2 Å². The van der Waals surface area contributed by atoms with Crippen LogP contribution in [0.3, 0.4) is 0 Å². The molecule has 1 amide bonds. The van der Waals surface area contributed by atoms with Gasteiger partial charge in [-0.05, 0) is 32.4 Å². The molecule has 0 aliphatic rings. The Balaban J connectivity index is 1.99. The van der Waals surface area contributed by atoms with Gasteiger partial charge in [0.2, 0.25) is 5.91 Å². The average molecular weight is 334 g/mol. The summed E-state index contributed by atoms with van der Waals surface area (Å²) < 4.78 is 6.68. The van der Waals surface area contributed by atoms with Crippen molar-refractivity contribution in [2.45, 2.75) is 33.1 Å². The van der Waals surface area contributed by atoms with Gasteiger partial charge in [0.05, 0.1) is 0 Å². The lowest BCUT2D eigenvalue weighted by Crippen LogP contribution is -2.26. The summed E-state index contributed by atoms with van der Waals surface area (Å²) in [5, 5.41) is 15.8. The van der Waals surface area contributed by atoms with E-state index in [2.05, 4.69) is 39.4 Å². The lowest BCUT2D eigenvalue weighted by molar-refractivity contribution is -0.121. The van der Waals surface area contributed by atoms with Crippen molar-refractivity contribution in [2.24, 2.45) is 0 Å². The van der Waals surface area contributed by atoms with Gasteiger partial charge in [-0.1, -0.05) is 0 Å². The minimum atomic E-state index is 0.00255. The fraction of sp³-hybridized carbons (Fsp3) is 0.625. The molecular weight excluding hydrogens is 308 g/mol. The molecule has 0 bridgehead atoms. The lowest BCUT2D eigenvalue weighted by Gasteiger charge is -2.19. The Morgan fingerprint density at radius 3 is 2.79 bits per heavy atom. The van der Waals surface area contributed by atoms with E-state index in [-0.39, 0.29) is 5.91 Å². The van der Waals surface area contributed by atoms with Gasteiger partial charge in [-0.15, -0.1) is 15.3 Å². The predicted molar refractivity (Wildman–Crippen MR) is 92.2 cm³/mol. The highest BCUT2D eigenvalue weighted by Gasteiger charge is 2.11. The van der Waals surface area contributed by atoms with Gasteiger partial charge in [-0.25, -0.2) is 0 Å². The Morgan fingerprint density at radius 1 is 1.29 bits per heavy atom. The molecule has 0 fully saturated rings. The van der Waals surface area contributed by atoms with Crippen LogP contribution in [-0.4, -0.2) is 59.1 Å². The molecule has 2 heterocycles. The highest BCUT2D eigenvalue weighted by molar-refractivity contribution is 5.76. The number of ether oxygens (including phenoxy) is 1. The van der Waals surface area contributed by atoms with Crippen LogP contribution in [0.5, 0.6) is 0 Å². The van der Waals surface area contributed by atoms with E-state index in [1.54, 1.807) is 11.6 Å². The molecule has 0 aliphatic carbocycles. The molecule has 0 aromatic carbocycles. The third-order valence-electron chi connectivity index (χ3n) is 3.82. The van der Waals surface area contributed by atoms with Crippen molar-refractivity contribution < 1.29 is 9.53 Å². The van der Waals surface area contributed by atoms with E-state index in [1.807, 2.05) is 12.1 Å². The summed E-state index contributed by atoms with van der Waals surface area (Å²) in [5.74, 6) is 1.59. The molecule has 2 aromatic heterocycles. The summed E-state index contributed by atoms with van der Waals surface area (Å²) >= 11 is 0. The second-order valence-corrected chi connectivity index (χ2v) is 5.45. The number of carbonyl (C=O) groups is 1. The number of anilines is 1. The molecule has 0 atom stereocenters. The van der Waals surface area contributed by atoms with E-state index < -0.39 is 0 Å². The van der Waals surface area contributed by atoms with Gasteiger partial charge >= 0.3 is 0 Å². The third-order valence-corrected chi connectivity index (χ3v) is 3.82.